The van der Waals surface area contributed by atoms with Gasteiger partial charge >= 0.3 is 0 Å². The second-order valence-electron chi connectivity index (χ2n) is 7.60. The van der Waals surface area contributed by atoms with Crippen LogP contribution in [0.3, 0.4) is 0 Å². The van der Waals surface area contributed by atoms with E-state index in [9.17, 15) is 10.2 Å². The molecule has 32 heavy (non-hydrogen) atoms. The van der Waals surface area contributed by atoms with Crippen LogP contribution in [-0.2, 0) is 0 Å². The van der Waals surface area contributed by atoms with Crippen LogP contribution in [0.25, 0.3) is 44.8 Å². The summed E-state index contributed by atoms with van der Waals surface area (Å²) in [7, 11) is 0. The van der Waals surface area contributed by atoms with Gasteiger partial charge in [-0.1, -0.05) is 78.9 Å². The molecule has 2 N–H and O–H groups in total. The van der Waals surface area contributed by atoms with Crippen LogP contribution in [0.2, 0.25) is 0 Å². The van der Waals surface area contributed by atoms with Gasteiger partial charge in [-0.25, -0.2) is 4.98 Å². The van der Waals surface area contributed by atoms with E-state index in [1.165, 1.54) is 0 Å². The number of hydrogen-bond donors (Lipinski definition) is 2. The minimum Gasteiger partial charge on any atom is -0.507 e. The molecule has 0 saturated carbocycles. The molecule has 1 heterocycles. The Morgan fingerprint density at radius 2 is 0.812 bits per heavy atom. The molecule has 4 aromatic carbocycles. The lowest BCUT2D eigenvalue weighted by atomic mass is 9.99. The van der Waals surface area contributed by atoms with E-state index in [0.29, 0.717) is 0 Å². The Labute approximate surface area is 186 Å². The average Bonchev–Trinajstić information content (AvgIpc) is 2.85. The third kappa shape index (κ3) is 3.84. The fourth-order valence-electron chi connectivity index (χ4n) is 3.88. The van der Waals surface area contributed by atoms with Crippen molar-refractivity contribution in [3.8, 4) is 56.3 Å². The number of aromatic hydroxyl groups is 2. The largest absolute Gasteiger partial charge is 0.507 e. The third-order valence-electron chi connectivity index (χ3n) is 5.50. The molecule has 3 heteroatoms. The Kier molecular flexibility index (Phi) is 5.14. The van der Waals surface area contributed by atoms with Gasteiger partial charge in [-0.3, -0.25) is 0 Å². The molecule has 0 aliphatic carbocycles. The van der Waals surface area contributed by atoms with Crippen molar-refractivity contribution in [3.63, 3.8) is 0 Å². The van der Waals surface area contributed by atoms with Crippen LogP contribution in [0.15, 0.2) is 115 Å². The van der Waals surface area contributed by atoms with Crippen molar-refractivity contribution in [1.82, 2.24) is 4.98 Å². The molecule has 5 aromatic rings. The SMILES string of the molecule is Oc1ccccc1-c1cccc(-c2cccc(-c3cccc(-c4ccccc4O)c3)n2)c1. The number of nitrogens with zero attached hydrogens (tertiary/aromatic N) is 1. The first-order chi connectivity index (χ1) is 15.7. The highest BCUT2D eigenvalue weighted by atomic mass is 16.3. The number of benzene rings is 4. The van der Waals surface area contributed by atoms with Crippen molar-refractivity contribution in [2.75, 3.05) is 0 Å². The van der Waals surface area contributed by atoms with Gasteiger partial charge in [0, 0.05) is 22.3 Å². The minimum absolute atomic E-state index is 0.257. The molecule has 0 aliphatic rings. The highest BCUT2D eigenvalue weighted by Crippen LogP contribution is 2.33. The van der Waals surface area contributed by atoms with Crippen molar-refractivity contribution < 1.29 is 10.2 Å². The molecule has 0 unspecified atom stereocenters. The normalized spacial score (nSPS) is 10.8. The monoisotopic (exact) mass is 415 g/mol. The predicted molar refractivity (Wildman–Crippen MR) is 129 cm³/mol. The number of para-hydroxylation sites is 2. The molecule has 0 spiro atoms. The van der Waals surface area contributed by atoms with Crippen LogP contribution >= 0.6 is 0 Å². The second kappa shape index (κ2) is 8.40. The van der Waals surface area contributed by atoms with Crippen LogP contribution in [0.4, 0.5) is 0 Å². The molecule has 0 aliphatic heterocycles. The maximum atomic E-state index is 10.2. The summed E-state index contributed by atoms with van der Waals surface area (Å²) in [6, 6.07) is 36.7. The van der Waals surface area contributed by atoms with Gasteiger partial charge in [0.2, 0.25) is 0 Å². The van der Waals surface area contributed by atoms with Crippen LogP contribution < -0.4 is 0 Å². The van der Waals surface area contributed by atoms with Crippen LogP contribution in [-0.4, -0.2) is 15.2 Å². The Morgan fingerprint density at radius 1 is 0.406 bits per heavy atom. The second-order valence-corrected chi connectivity index (χ2v) is 7.60. The highest BCUT2D eigenvalue weighted by molar-refractivity contribution is 5.78. The van der Waals surface area contributed by atoms with Crippen molar-refractivity contribution >= 4 is 0 Å². The summed E-state index contributed by atoms with van der Waals surface area (Å²) in [4.78, 5) is 4.90. The lowest BCUT2D eigenvalue weighted by Gasteiger charge is -2.10. The van der Waals surface area contributed by atoms with E-state index < -0.39 is 0 Å². The van der Waals surface area contributed by atoms with Gasteiger partial charge in [-0.2, -0.15) is 0 Å². The Bertz CT molecular complexity index is 1300. The summed E-state index contributed by atoms with van der Waals surface area (Å²) in [6.45, 7) is 0. The maximum absolute atomic E-state index is 10.2. The van der Waals surface area contributed by atoms with Crippen molar-refractivity contribution in [1.29, 1.82) is 0 Å². The molecule has 0 radical (unpaired) electrons. The summed E-state index contributed by atoms with van der Waals surface area (Å²) in [5.41, 5.74) is 7.12. The summed E-state index contributed by atoms with van der Waals surface area (Å²) >= 11 is 0. The molecule has 5 rings (SSSR count). The summed E-state index contributed by atoms with van der Waals surface area (Å²) < 4.78 is 0. The molecule has 154 valence electrons. The van der Waals surface area contributed by atoms with Crippen LogP contribution in [0.5, 0.6) is 11.5 Å². The fourth-order valence-corrected chi connectivity index (χ4v) is 3.88. The quantitative estimate of drug-likeness (QED) is 0.327. The van der Waals surface area contributed by atoms with Crippen molar-refractivity contribution in [2.24, 2.45) is 0 Å². The minimum atomic E-state index is 0.257. The van der Waals surface area contributed by atoms with E-state index in [1.807, 2.05) is 103 Å². The number of phenols is 2. The van der Waals surface area contributed by atoms with Crippen LogP contribution in [0.1, 0.15) is 0 Å². The zero-order valence-electron chi connectivity index (χ0n) is 17.3. The molecule has 0 amide bonds. The third-order valence-corrected chi connectivity index (χ3v) is 5.50. The van der Waals surface area contributed by atoms with Crippen LogP contribution in [0, 0.1) is 0 Å². The number of pyridine rings is 1. The molecule has 0 atom stereocenters. The molecule has 1 aromatic heterocycles. The van der Waals surface area contributed by atoms with Gasteiger partial charge in [0.1, 0.15) is 11.5 Å². The molecular weight excluding hydrogens is 394 g/mol. The number of rotatable bonds is 4. The predicted octanol–water partition coefficient (Wildman–Crippen LogP) is 7.16. The number of hydrogen-bond acceptors (Lipinski definition) is 3. The first-order valence-electron chi connectivity index (χ1n) is 10.4. The summed E-state index contributed by atoms with van der Waals surface area (Å²) in [5.74, 6) is 0.514. The van der Waals surface area contributed by atoms with Gasteiger partial charge in [-0.15, -0.1) is 0 Å². The molecule has 3 nitrogen and oxygen atoms in total. The van der Waals surface area contributed by atoms with E-state index in [0.717, 1.165) is 44.8 Å². The Hall–Kier alpha value is -4.37. The molecule has 0 saturated heterocycles. The standard InChI is InChI=1S/C29H21NO2/c31-28-16-3-1-12-24(28)20-8-5-10-22(18-20)26-14-7-15-27(30-26)23-11-6-9-21(19-23)25-13-2-4-17-29(25)32/h1-19,31-32H. The van der Waals surface area contributed by atoms with Gasteiger partial charge < -0.3 is 10.2 Å². The van der Waals surface area contributed by atoms with E-state index in [2.05, 4.69) is 0 Å². The first kappa shape index (κ1) is 19.6. The smallest absolute Gasteiger partial charge is 0.123 e. The topological polar surface area (TPSA) is 53.4 Å². The highest BCUT2D eigenvalue weighted by Gasteiger charge is 2.09. The summed E-state index contributed by atoms with van der Waals surface area (Å²) in [6.07, 6.45) is 0. The molecule has 0 fully saturated rings. The number of phenolic OH excluding ortho intramolecular Hbond substituents is 2. The Balaban J connectivity index is 1.53. The fraction of sp³-hybridized carbons (Fsp3) is 0. The van der Waals surface area contributed by atoms with E-state index in [4.69, 9.17) is 4.98 Å². The van der Waals surface area contributed by atoms with E-state index >= 15 is 0 Å². The molecular formula is C29H21NO2. The Morgan fingerprint density at radius 3 is 1.28 bits per heavy atom. The lowest BCUT2D eigenvalue weighted by Crippen LogP contribution is -1.89. The maximum Gasteiger partial charge on any atom is 0.123 e. The lowest BCUT2D eigenvalue weighted by molar-refractivity contribution is 0.477. The van der Waals surface area contributed by atoms with Crippen molar-refractivity contribution in [2.45, 2.75) is 0 Å². The average molecular weight is 415 g/mol. The van der Waals surface area contributed by atoms with Gasteiger partial charge in [0.15, 0.2) is 0 Å². The van der Waals surface area contributed by atoms with Gasteiger partial charge in [0.05, 0.1) is 11.4 Å². The van der Waals surface area contributed by atoms with Gasteiger partial charge in [0.25, 0.3) is 0 Å². The zero-order valence-corrected chi connectivity index (χ0v) is 17.3. The first-order valence-corrected chi connectivity index (χ1v) is 10.4. The zero-order chi connectivity index (χ0) is 21.9. The van der Waals surface area contributed by atoms with Gasteiger partial charge in [-0.05, 0) is 47.5 Å². The van der Waals surface area contributed by atoms with E-state index in [1.54, 1.807) is 12.1 Å². The summed E-state index contributed by atoms with van der Waals surface area (Å²) in [5, 5.41) is 20.4. The molecule has 0 bridgehead atoms. The van der Waals surface area contributed by atoms with Crippen molar-refractivity contribution in [3.05, 3.63) is 115 Å². The van der Waals surface area contributed by atoms with E-state index in [-0.39, 0.29) is 11.5 Å². The number of aromatic nitrogens is 1.